The lowest BCUT2D eigenvalue weighted by Gasteiger charge is -2.24. The Kier molecular flexibility index (Phi) is 5.73. The number of ether oxygens (including phenoxy) is 1. The molecule has 0 amide bonds. The van der Waals surface area contributed by atoms with E-state index in [4.69, 9.17) is 9.84 Å². The predicted octanol–water partition coefficient (Wildman–Crippen LogP) is 3.19. The predicted molar refractivity (Wildman–Crippen MR) is 74.5 cm³/mol. The lowest BCUT2D eigenvalue weighted by atomic mass is 9.83. The van der Waals surface area contributed by atoms with Crippen molar-refractivity contribution in [1.29, 1.82) is 0 Å². The van der Waals surface area contributed by atoms with Gasteiger partial charge in [0.15, 0.2) is 0 Å². The van der Waals surface area contributed by atoms with Crippen molar-refractivity contribution in [3.05, 3.63) is 21.9 Å². The third-order valence-corrected chi connectivity index (χ3v) is 4.22. The van der Waals surface area contributed by atoms with Crippen LogP contribution in [0.2, 0.25) is 0 Å². The molecule has 1 aromatic rings. The van der Waals surface area contributed by atoms with Crippen LogP contribution >= 0.6 is 11.3 Å². The van der Waals surface area contributed by atoms with Crippen molar-refractivity contribution in [2.75, 3.05) is 13.2 Å². The van der Waals surface area contributed by atoms with E-state index in [2.05, 4.69) is 17.9 Å². The largest absolute Gasteiger partial charge is 0.395 e. The Bertz CT molecular complexity index is 410. The summed E-state index contributed by atoms with van der Waals surface area (Å²) < 4.78 is 5.69. The third-order valence-electron chi connectivity index (χ3n) is 3.25. The zero-order valence-electron chi connectivity index (χ0n) is 10.7. The zero-order valence-corrected chi connectivity index (χ0v) is 11.5. The van der Waals surface area contributed by atoms with Crippen LogP contribution in [0.4, 0.5) is 0 Å². The van der Waals surface area contributed by atoms with Gasteiger partial charge in [-0.3, -0.25) is 0 Å². The lowest BCUT2D eigenvalue weighted by Crippen LogP contribution is -2.13. The molecule has 98 valence electrons. The fourth-order valence-electron chi connectivity index (χ4n) is 1.93. The molecule has 1 fully saturated rings. The van der Waals surface area contributed by atoms with Crippen molar-refractivity contribution in [3.63, 3.8) is 0 Å². The van der Waals surface area contributed by atoms with E-state index in [-0.39, 0.29) is 6.61 Å². The highest BCUT2D eigenvalue weighted by Gasteiger charge is 2.16. The van der Waals surface area contributed by atoms with Gasteiger partial charge in [-0.25, -0.2) is 0 Å². The van der Waals surface area contributed by atoms with Gasteiger partial charge in [0.05, 0.1) is 18.1 Å². The van der Waals surface area contributed by atoms with Crippen LogP contribution in [-0.2, 0) is 11.3 Å². The maximum atomic E-state index is 8.64. The first-order valence-corrected chi connectivity index (χ1v) is 7.46. The van der Waals surface area contributed by atoms with Crippen LogP contribution < -0.4 is 0 Å². The smallest absolute Gasteiger partial charge is 0.0809 e. The standard InChI is InChI=1S/C15H20O2S/c16-10-2-1-6-14-7-8-15(18-14)12-17-11-9-13-4-3-5-13/h7-8,13,16H,2-5,9-12H2. The van der Waals surface area contributed by atoms with Gasteiger partial charge in [0.25, 0.3) is 0 Å². The number of hydrogen-bond donors (Lipinski definition) is 1. The Morgan fingerprint density at radius 2 is 2.28 bits per heavy atom. The molecule has 0 unspecified atom stereocenters. The van der Waals surface area contributed by atoms with Gasteiger partial charge in [-0.05, 0) is 24.5 Å². The first-order chi connectivity index (χ1) is 8.88. The van der Waals surface area contributed by atoms with Crippen molar-refractivity contribution < 1.29 is 9.84 Å². The first kappa shape index (κ1) is 13.6. The van der Waals surface area contributed by atoms with Gasteiger partial charge in [-0.15, -0.1) is 11.3 Å². The summed E-state index contributed by atoms with van der Waals surface area (Å²) in [6.07, 6.45) is 5.96. The monoisotopic (exact) mass is 264 g/mol. The second-order valence-corrected chi connectivity index (χ2v) is 5.85. The van der Waals surface area contributed by atoms with Gasteiger partial charge in [-0.2, -0.15) is 0 Å². The fourth-order valence-corrected chi connectivity index (χ4v) is 2.75. The maximum absolute atomic E-state index is 8.64. The van der Waals surface area contributed by atoms with Gasteiger partial charge < -0.3 is 9.84 Å². The molecule has 1 heterocycles. The second-order valence-electron chi connectivity index (χ2n) is 4.68. The zero-order chi connectivity index (χ0) is 12.6. The van der Waals surface area contributed by atoms with Crippen LogP contribution in [0.3, 0.4) is 0 Å². The van der Waals surface area contributed by atoms with E-state index >= 15 is 0 Å². The molecule has 0 aliphatic heterocycles. The molecular formula is C15H20O2S. The van der Waals surface area contributed by atoms with Crippen LogP contribution in [0.15, 0.2) is 12.1 Å². The van der Waals surface area contributed by atoms with E-state index in [0.29, 0.717) is 13.0 Å². The molecule has 0 aromatic carbocycles. The molecule has 1 aliphatic carbocycles. The summed E-state index contributed by atoms with van der Waals surface area (Å²) in [7, 11) is 0. The van der Waals surface area contributed by atoms with E-state index in [1.165, 1.54) is 30.6 Å². The van der Waals surface area contributed by atoms with E-state index in [1.807, 2.05) is 6.07 Å². The number of aliphatic hydroxyl groups excluding tert-OH is 1. The third kappa shape index (κ3) is 4.45. The van der Waals surface area contributed by atoms with E-state index in [1.54, 1.807) is 11.3 Å². The second kappa shape index (κ2) is 7.58. The van der Waals surface area contributed by atoms with Crippen molar-refractivity contribution in [1.82, 2.24) is 0 Å². The molecule has 1 saturated carbocycles. The summed E-state index contributed by atoms with van der Waals surface area (Å²) in [5.74, 6) is 6.90. The van der Waals surface area contributed by atoms with E-state index in [9.17, 15) is 0 Å². The van der Waals surface area contributed by atoms with Crippen LogP contribution in [-0.4, -0.2) is 18.3 Å². The molecule has 0 bridgehead atoms. The highest BCUT2D eigenvalue weighted by Crippen LogP contribution is 2.29. The van der Waals surface area contributed by atoms with Crippen LogP contribution in [0, 0.1) is 17.8 Å². The fraction of sp³-hybridized carbons (Fsp3) is 0.600. The Labute approximate surface area is 113 Å². The summed E-state index contributed by atoms with van der Waals surface area (Å²) in [4.78, 5) is 2.29. The molecule has 2 nitrogen and oxygen atoms in total. The highest BCUT2D eigenvalue weighted by atomic mass is 32.1. The molecule has 0 atom stereocenters. The summed E-state index contributed by atoms with van der Waals surface area (Å²) in [6, 6.07) is 4.11. The SMILES string of the molecule is OCCC#Cc1ccc(COCCC2CCC2)s1. The van der Waals surface area contributed by atoms with Crippen LogP contribution in [0.1, 0.15) is 41.9 Å². The quantitative estimate of drug-likeness (QED) is 0.631. The molecule has 0 spiro atoms. The molecule has 3 heteroatoms. The Morgan fingerprint density at radius 1 is 1.39 bits per heavy atom. The number of hydrogen-bond acceptors (Lipinski definition) is 3. The van der Waals surface area contributed by atoms with Crippen molar-refractivity contribution in [2.24, 2.45) is 5.92 Å². The molecule has 2 rings (SSSR count). The summed E-state index contributed by atoms with van der Waals surface area (Å²) in [5, 5.41) is 8.64. The van der Waals surface area contributed by atoms with E-state index < -0.39 is 0 Å². The topological polar surface area (TPSA) is 29.5 Å². The summed E-state index contributed by atoms with van der Waals surface area (Å²) in [6.45, 7) is 1.72. The number of rotatable bonds is 6. The molecule has 1 N–H and O–H groups in total. The van der Waals surface area contributed by atoms with Crippen LogP contribution in [0.5, 0.6) is 0 Å². The van der Waals surface area contributed by atoms with Gasteiger partial charge in [0.2, 0.25) is 0 Å². The normalized spacial score (nSPS) is 14.9. The Balaban J connectivity index is 1.65. The van der Waals surface area contributed by atoms with Crippen molar-refractivity contribution >= 4 is 11.3 Å². The molecule has 1 aromatic heterocycles. The van der Waals surface area contributed by atoms with Gasteiger partial charge in [0.1, 0.15) is 0 Å². The summed E-state index contributed by atoms with van der Waals surface area (Å²) in [5.41, 5.74) is 0. The number of aliphatic hydroxyl groups is 1. The van der Waals surface area contributed by atoms with Gasteiger partial charge >= 0.3 is 0 Å². The number of thiophene rings is 1. The van der Waals surface area contributed by atoms with Gasteiger partial charge in [0, 0.05) is 17.9 Å². The average molecular weight is 264 g/mol. The van der Waals surface area contributed by atoms with Crippen molar-refractivity contribution in [3.8, 4) is 11.8 Å². The minimum atomic E-state index is 0.134. The average Bonchev–Trinajstić information content (AvgIpc) is 2.75. The molecular weight excluding hydrogens is 244 g/mol. The minimum Gasteiger partial charge on any atom is -0.395 e. The van der Waals surface area contributed by atoms with Crippen LogP contribution in [0.25, 0.3) is 0 Å². The maximum Gasteiger partial charge on any atom is 0.0809 e. The Morgan fingerprint density at radius 3 is 3.00 bits per heavy atom. The minimum absolute atomic E-state index is 0.134. The molecule has 0 saturated heterocycles. The highest BCUT2D eigenvalue weighted by molar-refractivity contribution is 7.12. The van der Waals surface area contributed by atoms with E-state index in [0.717, 1.165) is 17.4 Å². The molecule has 0 radical (unpaired) electrons. The lowest BCUT2D eigenvalue weighted by molar-refractivity contribution is 0.0966. The summed E-state index contributed by atoms with van der Waals surface area (Å²) >= 11 is 1.68. The van der Waals surface area contributed by atoms with Gasteiger partial charge in [-0.1, -0.05) is 31.1 Å². The molecule has 1 aliphatic rings. The first-order valence-electron chi connectivity index (χ1n) is 6.64. The van der Waals surface area contributed by atoms with Crippen molar-refractivity contribution in [2.45, 2.75) is 38.7 Å². The Hall–Kier alpha value is -0.820. The molecule has 18 heavy (non-hydrogen) atoms.